The average Bonchev–Trinajstić information content (AvgIpc) is 2.53. The highest BCUT2D eigenvalue weighted by molar-refractivity contribution is 5.28. The fourth-order valence-electron chi connectivity index (χ4n) is 2.10. The largest absolute Gasteiger partial charge is 0.492 e. The topological polar surface area (TPSA) is 35.2 Å². The number of hydrogen-bond acceptors (Lipinski definition) is 2. The van der Waals surface area contributed by atoms with Gasteiger partial charge < -0.3 is 10.5 Å². The van der Waals surface area contributed by atoms with E-state index >= 15 is 0 Å². The van der Waals surface area contributed by atoms with Gasteiger partial charge in [-0.25, -0.2) is 0 Å². The monoisotopic (exact) mass is 269 g/mol. The summed E-state index contributed by atoms with van der Waals surface area (Å²) in [5, 5.41) is 0. The Bertz CT molecular complexity index is 516. The van der Waals surface area contributed by atoms with E-state index in [-0.39, 0.29) is 6.04 Å². The van der Waals surface area contributed by atoms with Crippen molar-refractivity contribution in [1.29, 1.82) is 0 Å². The van der Waals surface area contributed by atoms with Gasteiger partial charge in [-0.05, 0) is 41.7 Å². The first-order chi connectivity index (χ1) is 9.72. The third kappa shape index (κ3) is 3.84. The number of aryl methyl sites for hydroxylation is 2. The lowest BCUT2D eigenvalue weighted by atomic mass is 10.1. The van der Waals surface area contributed by atoms with Crippen LogP contribution in [0, 0.1) is 0 Å². The lowest BCUT2D eigenvalue weighted by molar-refractivity contribution is 0.290. The molecule has 2 rings (SSSR count). The van der Waals surface area contributed by atoms with E-state index in [0.29, 0.717) is 6.61 Å². The standard InChI is InChI=1S/C18H23NO/c1-3-14-5-9-16(10-6-14)18(19)13-20-17-11-7-15(4-2)8-12-17/h5-12,18H,3-4,13,19H2,1-2H3. The summed E-state index contributed by atoms with van der Waals surface area (Å²) in [6.07, 6.45) is 2.10. The Balaban J connectivity index is 1.91. The Labute approximate surface area is 121 Å². The van der Waals surface area contributed by atoms with Crippen molar-refractivity contribution < 1.29 is 4.74 Å². The van der Waals surface area contributed by atoms with E-state index in [2.05, 4.69) is 50.2 Å². The van der Waals surface area contributed by atoms with Gasteiger partial charge in [0, 0.05) is 0 Å². The van der Waals surface area contributed by atoms with Gasteiger partial charge in [-0.15, -0.1) is 0 Å². The van der Waals surface area contributed by atoms with Gasteiger partial charge in [0.1, 0.15) is 12.4 Å². The number of hydrogen-bond donors (Lipinski definition) is 1. The highest BCUT2D eigenvalue weighted by atomic mass is 16.5. The molecular formula is C18H23NO. The Kier molecular flexibility index (Phi) is 5.19. The second-order valence-electron chi connectivity index (χ2n) is 5.01. The molecule has 0 spiro atoms. The summed E-state index contributed by atoms with van der Waals surface area (Å²) in [7, 11) is 0. The molecule has 2 heteroatoms. The maximum absolute atomic E-state index is 6.17. The van der Waals surface area contributed by atoms with Gasteiger partial charge in [0.15, 0.2) is 0 Å². The molecule has 2 aromatic rings. The van der Waals surface area contributed by atoms with Crippen LogP contribution in [0.2, 0.25) is 0 Å². The summed E-state index contributed by atoms with van der Waals surface area (Å²) in [6.45, 7) is 4.79. The molecule has 0 saturated heterocycles. The van der Waals surface area contributed by atoms with Crippen molar-refractivity contribution in [2.45, 2.75) is 32.7 Å². The van der Waals surface area contributed by atoms with Gasteiger partial charge in [0.05, 0.1) is 6.04 Å². The van der Waals surface area contributed by atoms with Crippen molar-refractivity contribution in [1.82, 2.24) is 0 Å². The molecule has 0 aromatic heterocycles. The average molecular weight is 269 g/mol. The third-order valence-electron chi connectivity index (χ3n) is 3.58. The molecule has 0 radical (unpaired) electrons. The van der Waals surface area contributed by atoms with Crippen LogP contribution in [0.15, 0.2) is 48.5 Å². The third-order valence-corrected chi connectivity index (χ3v) is 3.58. The zero-order valence-corrected chi connectivity index (χ0v) is 12.3. The number of nitrogens with two attached hydrogens (primary N) is 1. The maximum Gasteiger partial charge on any atom is 0.119 e. The SMILES string of the molecule is CCc1ccc(OCC(N)c2ccc(CC)cc2)cc1. The van der Waals surface area contributed by atoms with Crippen molar-refractivity contribution in [3.63, 3.8) is 0 Å². The fourth-order valence-corrected chi connectivity index (χ4v) is 2.10. The zero-order valence-electron chi connectivity index (χ0n) is 12.3. The normalized spacial score (nSPS) is 12.2. The molecule has 2 N–H and O–H groups in total. The summed E-state index contributed by atoms with van der Waals surface area (Å²) in [5.41, 5.74) is 9.93. The van der Waals surface area contributed by atoms with E-state index < -0.39 is 0 Å². The van der Waals surface area contributed by atoms with Crippen LogP contribution < -0.4 is 10.5 Å². The van der Waals surface area contributed by atoms with Crippen LogP contribution in [0.1, 0.15) is 36.6 Å². The predicted molar refractivity (Wildman–Crippen MR) is 84.1 cm³/mol. The lowest BCUT2D eigenvalue weighted by Gasteiger charge is -2.14. The van der Waals surface area contributed by atoms with Crippen LogP contribution in [-0.2, 0) is 12.8 Å². The van der Waals surface area contributed by atoms with Crippen LogP contribution in [0.5, 0.6) is 5.75 Å². The molecule has 2 aromatic carbocycles. The lowest BCUT2D eigenvalue weighted by Crippen LogP contribution is -2.19. The van der Waals surface area contributed by atoms with E-state index in [1.165, 1.54) is 11.1 Å². The smallest absolute Gasteiger partial charge is 0.119 e. The van der Waals surface area contributed by atoms with E-state index in [1.807, 2.05) is 12.1 Å². The number of benzene rings is 2. The molecule has 0 saturated carbocycles. The van der Waals surface area contributed by atoms with Crippen LogP contribution in [0.4, 0.5) is 0 Å². The molecule has 106 valence electrons. The molecule has 1 unspecified atom stereocenters. The summed E-state index contributed by atoms with van der Waals surface area (Å²) in [4.78, 5) is 0. The fraction of sp³-hybridized carbons (Fsp3) is 0.333. The molecule has 0 fully saturated rings. The Morgan fingerprint density at radius 1 is 0.850 bits per heavy atom. The molecule has 0 aliphatic rings. The van der Waals surface area contributed by atoms with Crippen molar-refractivity contribution >= 4 is 0 Å². The molecular weight excluding hydrogens is 246 g/mol. The zero-order chi connectivity index (χ0) is 14.4. The van der Waals surface area contributed by atoms with Crippen LogP contribution in [0.25, 0.3) is 0 Å². The molecule has 0 heterocycles. The van der Waals surface area contributed by atoms with E-state index in [0.717, 1.165) is 24.2 Å². The number of ether oxygens (including phenoxy) is 1. The van der Waals surface area contributed by atoms with Gasteiger partial charge in [0.25, 0.3) is 0 Å². The molecule has 2 nitrogen and oxygen atoms in total. The first-order valence-corrected chi connectivity index (χ1v) is 7.29. The maximum atomic E-state index is 6.17. The van der Waals surface area contributed by atoms with Crippen LogP contribution in [0.3, 0.4) is 0 Å². The van der Waals surface area contributed by atoms with Crippen molar-refractivity contribution in [3.8, 4) is 5.75 Å². The van der Waals surface area contributed by atoms with Crippen molar-refractivity contribution in [2.24, 2.45) is 5.73 Å². The Hall–Kier alpha value is -1.80. The van der Waals surface area contributed by atoms with Crippen molar-refractivity contribution in [2.75, 3.05) is 6.61 Å². The van der Waals surface area contributed by atoms with Gasteiger partial charge in [-0.3, -0.25) is 0 Å². The second kappa shape index (κ2) is 7.11. The number of rotatable bonds is 6. The van der Waals surface area contributed by atoms with Crippen LogP contribution >= 0.6 is 0 Å². The molecule has 1 atom stereocenters. The minimum atomic E-state index is -0.0910. The Morgan fingerprint density at radius 3 is 1.85 bits per heavy atom. The summed E-state index contributed by atoms with van der Waals surface area (Å²) < 4.78 is 5.75. The minimum Gasteiger partial charge on any atom is -0.492 e. The van der Waals surface area contributed by atoms with Gasteiger partial charge in [0.2, 0.25) is 0 Å². The second-order valence-corrected chi connectivity index (χ2v) is 5.01. The van der Waals surface area contributed by atoms with Gasteiger partial charge >= 0.3 is 0 Å². The van der Waals surface area contributed by atoms with E-state index in [1.54, 1.807) is 0 Å². The summed E-state index contributed by atoms with van der Waals surface area (Å²) >= 11 is 0. The molecule has 20 heavy (non-hydrogen) atoms. The highest BCUT2D eigenvalue weighted by Crippen LogP contribution is 2.16. The van der Waals surface area contributed by atoms with Crippen molar-refractivity contribution in [3.05, 3.63) is 65.2 Å². The molecule has 0 bridgehead atoms. The Morgan fingerprint density at radius 2 is 1.35 bits per heavy atom. The molecule has 0 aliphatic carbocycles. The quantitative estimate of drug-likeness (QED) is 0.863. The summed E-state index contributed by atoms with van der Waals surface area (Å²) in [6, 6.07) is 16.5. The molecule has 0 aliphatic heterocycles. The first kappa shape index (κ1) is 14.6. The minimum absolute atomic E-state index is 0.0910. The van der Waals surface area contributed by atoms with Gasteiger partial charge in [-0.2, -0.15) is 0 Å². The van der Waals surface area contributed by atoms with E-state index in [4.69, 9.17) is 10.5 Å². The first-order valence-electron chi connectivity index (χ1n) is 7.29. The molecule has 0 amide bonds. The van der Waals surface area contributed by atoms with Gasteiger partial charge in [-0.1, -0.05) is 50.2 Å². The highest BCUT2D eigenvalue weighted by Gasteiger charge is 2.07. The predicted octanol–water partition coefficient (Wildman–Crippen LogP) is 3.89. The summed E-state index contributed by atoms with van der Waals surface area (Å²) in [5.74, 6) is 0.878. The van der Waals surface area contributed by atoms with E-state index in [9.17, 15) is 0 Å². The van der Waals surface area contributed by atoms with Crippen LogP contribution in [-0.4, -0.2) is 6.61 Å².